The SMILES string of the molecule is Cc1ccc(C2=C(O)C(=O)N3CCCCC23)cc1. The molecule has 1 unspecified atom stereocenters. The van der Waals surface area contributed by atoms with Crippen molar-refractivity contribution < 1.29 is 9.90 Å². The third-order valence-corrected chi connectivity index (χ3v) is 3.92. The van der Waals surface area contributed by atoms with Gasteiger partial charge in [-0.1, -0.05) is 29.8 Å². The fourth-order valence-electron chi connectivity index (χ4n) is 2.95. The van der Waals surface area contributed by atoms with Gasteiger partial charge < -0.3 is 10.0 Å². The van der Waals surface area contributed by atoms with Gasteiger partial charge >= 0.3 is 0 Å². The van der Waals surface area contributed by atoms with Gasteiger partial charge in [-0.25, -0.2) is 0 Å². The minimum absolute atomic E-state index is 0.0502. The highest BCUT2D eigenvalue weighted by Gasteiger charge is 2.40. The molecule has 0 radical (unpaired) electrons. The maximum Gasteiger partial charge on any atom is 0.289 e. The zero-order valence-electron chi connectivity index (χ0n) is 10.5. The van der Waals surface area contributed by atoms with Gasteiger partial charge in [-0.3, -0.25) is 4.79 Å². The summed E-state index contributed by atoms with van der Waals surface area (Å²) in [5.74, 6) is -0.249. The summed E-state index contributed by atoms with van der Waals surface area (Å²) in [6.45, 7) is 2.80. The molecule has 2 aliphatic rings. The van der Waals surface area contributed by atoms with Crippen LogP contribution < -0.4 is 0 Å². The lowest BCUT2D eigenvalue weighted by Crippen LogP contribution is -2.39. The first-order chi connectivity index (χ1) is 8.68. The van der Waals surface area contributed by atoms with Crippen LogP contribution in [0.3, 0.4) is 0 Å². The first-order valence-electron chi connectivity index (χ1n) is 6.49. The van der Waals surface area contributed by atoms with E-state index in [-0.39, 0.29) is 17.7 Å². The molecular formula is C15H17NO2. The third kappa shape index (κ3) is 1.62. The van der Waals surface area contributed by atoms with Crippen LogP contribution in [0.4, 0.5) is 0 Å². The molecule has 3 rings (SSSR count). The highest BCUT2D eigenvalue weighted by molar-refractivity contribution is 6.05. The number of benzene rings is 1. The Morgan fingerprint density at radius 2 is 1.94 bits per heavy atom. The molecule has 1 aromatic carbocycles. The Hall–Kier alpha value is -1.77. The highest BCUT2D eigenvalue weighted by Crippen LogP contribution is 2.37. The smallest absolute Gasteiger partial charge is 0.289 e. The zero-order chi connectivity index (χ0) is 12.7. The molecule has 0 aromatic heterocycles. The van der Waals surface area contributed by atoms with E-state index < -0.39 is 0 Å². The number of aliphatic hydroxyl groups is 1. The molecule has 3 nitrogen and oxygen atoms in total. The number of carbonyl (C=O) groups excluding carboxylic acids is 1. The van der Waals surface area contributed by atoms with Gasteiger partial charge in [0, 0.05) is 12.1 Å². The lowest BCUT2D eigenvalue weighted by Gasteiger charge is -2.31. The van der Waals surface area contributed by atoms with E-state index in [1.165, 1.54) is 5.56 Å². The maximum absolute atomic E-state index is 12.0. The van der Waals surface area contributed by atoms with Crippen LogP contribution in [0.15, 0.2) is 30.0 Å². The van der Waals surface area contributed by atoms with Gasteiger partial charge in [-0.05, 0) is 31.7 Å². The Labute approximate surface area is 107 Å². The Kier molecular flexibility index (Phi) is 2.62. The second-order valence-electron chi connectivity index (χ2n) is 5.14. The average molecular weight is 243 g/mol. The normalized spacial score (nSPS) is 23.5. The first kappa shape index (κ1) is 11.3. The first-order valence-corrected chi connectivity index (χ1v) is 6.49. The molecule has 1 N–H and O–H groups in total. The fourth-order valence-corrected chi connectivity index (χ4v) is 2.95. The molecule has 1 aromatic rings. The molecule has 0 saturated carbocycles. The van der Waals surface area contributed by atoms with Crippen molar-refractivity contribution in [2.75, 3.05) is 6.54 Å². The molecular weight excluding hydrogens is 226 g/mol. The molecule has 1 atom stereocenters. The van der Waals surface area contributed by atoms with Crippen LogP contribution in [0.25, 0.3) is 5.57 Å². The molecule has 1 fully saturated rings. The summed E-state index contributed by atoms with van der Waals surface area (Å²) >= 11 is 0. The van der Waals surface area contributed by atoms with Gasteiger partial charge in [0.25, 0.3) is 5.91 Å². The lowest BCUT2D eigenvalue weighted by molar-refractivity contribution is -0.130. The van der Waals surface area contributed by atoms with Crippen molar-refractivity contribution in [1.29, 1.82) is 0 Å². The molecule has 2 heterocycles. The predicted molar refractivity (Wildman–Crippen MR) is 70.1 cm³/mol. The molecule has 1 amide bonds. The van der Waals surface area contributed by atoms with E-state index in [9.17, 15) is 9.90 Å². The summed E-state index contributed by atoms with van der Waals surface area (Å²) in [6, 6.07) is 8.10. The average Bonchev–Trinajstić information content (AvgIpc) is 2.64. The van der Waals surface area contributed by atoms with E-state index in [2.05, 4.69) is 0 Å². The summed E-state index contributed by atoms with van der Waals surface area (Å²) in [6.07, 6.45) is 3.12. The van der Waals surface area contributed by atoms with Crippen LogP contribution in [0.2, 0.25) is 0 Å². The number of carbonyl (C=O) groups is 1. The van der Waals surface area contributed by atoms with E-state index in [0.29, 0.717) is 0 Å². The monoisotopic (exact) mass is 243 g/mol. The predicted octanol–water partition coefficient (Wildman–Crippen LogP) is 2.66. The van der Waals surface area contributed by atoms with Crippen molar-refractivity contribution in [3.63, 3.8) is 0 Å². The Bertz CT molecular complexity index is 516. The number of piperidine rings is 1. The number of fused-ring (bicyclic) bond motifs is 1. The van der Waals surface area contributed by atoms with E-state index in [0.717, 1.165) is 36.9 Å². The van der Waals surface area contributed by atoms with E-state index in [4.69, 9.17) is 0 Å². The summed E-state index contributed by atoms with van der Waals surface area (Å²) in [5.41, 5.74) is 2.98. The van der Waals surface area contributed by atoms with E-state index >= 15 is 0 Å². The van der Waals surface area contributed by atoms with Crippen LogP contribution in [0.1, 0.15) is 30.4 Å². The van der Waals surface area contributed by atoms with Crippen LogP contribution in [-0.2, 0) is 4.79 Å². The van der Waals surface area contributed by atoms with Gasteiger partial charge in [0.05, 0.1) is 6.04 Å². The molecule has 1 saturated heterocycles. The number of hydrogen-bond acceptors (Lipinski definition) is 2. The van der Waals surface area contributed by atoms with Crippen molar-refractivity contribution in [2.24, 2.45) is 0 Å². The topological polar surface area (TPSA) is 40.5 Å². The molecule has 94 valence electrons. The fraction of sp³-hybridized carbons (Fsp3) is 0.400. The molecule has 0 aliphatic carbocycles. The minimum Gasteiger partial charge on any atom is -0.503 e. The summed E-state index contributed by atoms with van der Waals surface area (Å²) < 4.78 is 0. The van der Waals surface area contributed by atoms with Crippen LogP contribution >= 0.6 is 0 Å². The number of hydrogen-bond donors (Lipinski definition) is 1. The Morgan fingerprint density at radius 3 is 2.67 bits per heavy atom. The van der Waals surface area contributed by atoms with Crippen LogP contribution in [0, 0.1) is 6.92 Å². The number of amides is 1. The van der Waals surface area contributed by atoms with Crippen molar-refractivity contribution in [3.8, 4) is 0 Å². The van der Waals surface area contributed by atoms with Gasteiger partial charge in [0.15, 0.2) is 5.76 Å². The second kappa shape index (κ2) is 4.16. The van der Waals surface area contributed by atoms with Crippen molar-refractivity contribution in [3.05, 3.63) is 41.2 Å². The van der Waals surface area contributed by atoms with E-state index in [1.807, 2.05) is 36.1 Å². The molecule has 0 spiro atoms. The van der Waals surface area contributed by atoms with Gasteiger partial charge in [-0.2, -0.15) is 0 Å². The summed E-state index contributed by atoms with van der Waals surface area (Å²) in [7, 11) is 0. The Balaban J connectivity index is 2.03. The van der Waals surface area contributed by atoms with Crippen LogP contribution in [-0.4, -0.2) is 28.5 Å². The van der Waals surface area contributed by atoms with E-state index in [1.54, 1.807) is 0 Å². The summed E-state index contributed by atoms with van der Waals surface area (Å²) in [4.78, 5) is 13.8. The summed E-state index contributed by atoms with van der Waals surface area (Å²) in [5, 5.41) is 10.1. The van der Waals surface area contributed by atoms with Crippen LogP contribution in [0.5, 0.6) is 0 Å². The number of nitrogens with zero attached hydrogens (tertiary/aromatic N) is 1. The standard InChI is InChI=1S/C15H17NO2/c1-10-5-7-11(8-6-10)13-12-4-2-3-9-16(12)15(18)14(13)17/h5-8,12,17H,2-4,9H2,1H3. The Morgan fingerprint density at radius 1 is 1.22 bits per heavy atom. The quantitative estimate of drug-likeness (QED) is 0.823. The second-order valence-corrected chi connectivity index (χ2v) is 5.14. The molecule has 3 heteroatoms. The maximum atomic E-state index is 12.0. The minimum atomic E-state index is -0.199. The largest absolute Gasteiger partial charge is 0.503 e. The number of aliphatic hydroxyl groups excluding tert-OH is 1. The highest BCUT2D eigenvalue weighted by atomic mass is 16.3. The van der Waals surface area contributed by atoms with Crippen molar-refractivity contribution >= 4 is 11.5 Å². The molecule has 0 bridgehead atoms. The zero-order valence-corrected chi connectivity index (χ0v) is 10.5. The molecule has 2 aliphatic heterocycles. The number of aryl methyl sites for hydroxylation is 1. The third-order valence-electron chi connectivity index (χ3n) is 3.92. The number of rotatable bonds is 1. The van der Waals surface area contributed by atoms with Crippen molar-refractivity contribution in [2.45, 2.75) is 32.2 Å². The molecule has 18 heavy (non-hydrogen) atoms. The van der Waals surface area contributed by atoms with Gasteiger partial charge in [-0.15, -0.1) is 0 Å². The lowest BCUT2D eigenvalue weighted by atomic mass is 9.93. The van der Waals surface area contributed by atoms with Crippen molar-refractivity contribution in [1.82, 2.24) is 4.90 Å². The van der Waals surface area contributed by atoms with Gasteiger partial charge in [0.2, 0.25) is 0 Å². The van der Waals surface area contributed by atoms with Gasteiger partial charge in [0.1, 0.15) is 0 Å².